The molecule has 1 amide bonds. The Morgan fingerprint density at radius 2 is 1.23 bits per heavy atom. The smallest absolute Gasteiger partial charge is 0.243 e. The van der Waals surface area contributed by atoms with E-state index in [1.54, 1.807) is 6.21 Å². The minimum absolute atomic E-state index is 0.0649. The van der Waals surface area contributed by atoms with Crippen molar-refractivity contribution in [3.05, 3.63) is 108 Å². The Balaban J connectivity index is 1.69. The van der Waals surface area contributed by atoms with Gasteiger partial charge in [-0.2, -0.15) is 5.10 Å². The van der Waals surface area contributed by atoms with Crippen molar-refractivity contribution < 1.29 is 4.79 Å². The molecular formula is C23H22N2O. The molecular weight excluding hydrogens is 320 g/mol. The Morgan fingerprint density at radius 3 is 1.73 bits per heavy atom. The van der Waals surface area contributed by atoms with Crippen LogP contribution in [0, 0.1) is 5.92 Å². The largest absolute Gasteiger partial charge is 0.273 e. The van der Waals surface area contributed by atoms with Crippen LogP contribution in [0.3, 0.4) is 0 Å². The number of amides is 1. The summed E-state index contributed by atoms with van der Waals surface area (Å²) in [5.74, 6) is -0.238. The molecule has 0 aliphatic carbocycles. The fraction of sp³-hybridized carbons (Fsp3) is 0.130. The van der Waals surface area contributed by atoms with Gasteiger partial charge in [-0.1, -0.05) is 91.0 Å². The van der Waals surface area contributed by atoms with Crippen molar-refractivity contribution in [1.82, 2.24) is 5.43 Å². The quantitative estimate of drug-likeness (QED) is 0.506. The van der Waals surface area contributed by atoms with Crippen molar-refractivity contribution in [2.24, 2.45) is 11.0 Å². The monoisotopic (exact) mass is 342 g/mol. The van der Waals surface area contributed by atoms with Crippen molar-refractivity contribution in [1.29, 1.82) is 0 Å². The standard InChI is InChI=1S/C23H22N2O/c26-23(25-24-18-21-14-8-3-9-15-21)22(16-19-10-4-1-5-11-19)17-20-12-6-2-7-13-20/h1-15,18,22H,16-17H2,(H,25,26). The van der Waals surface area contributed by atoms with Crippen LogP contribution in [0.25, 0.3) is 0 Å². The van der Waals surface area contributed by atoms with Crippen LogP contribution in [0.2, 0.25) is 0 Å². The highest BCUT2D eigenvalue weighted by Crippen LogP contribution is 2.15. The maximum atomic E-state index is 12.7. The van der Waals surface area contributed by atoms with E-state index in [0.717, 1.165) is 16.7 Å². The van der Waals surface area contributed by atoms with Crippen molar-refractivity contribution in [3.8, 4) is 0 Å². The average Bonchev–Trinajstić information content (AvgIpc) is 2.70. The second kappa shape index (κ2) is 9.33. The summed E-state index contributed by atoms with van der Waals surface area (Å²) in [6.45, 7) is 0. The molecule has 3 nitrogen and oxygen atoms in total. The normalized spacial score (nSPS) is 11.0. The summed E-state index contributed by atoms with van der Waals surface area (Å²) >= 11 is 0. The predicted molar refractivity (Wildman–Crippen MR) is 106 cm³/mol. The summed E-state index contributed by atoms with van der Waals surface area (Å²) in [5.41, 5.74) is 5.95. The molecule has 130 valence electrons. The number of nitrogens with zero attached hydrogens (tertiary/aromatic N) is 1. The van der Waals surface area contributed by atoms with Crippen LogP contribution < -0.4 is 5.43 Å². The Hall–Kier alpha value is -3.20. The van der Waals surface area contributed by atoms with E-state index in [9.17, 15) is 4.79 Å². The maximum Gasteiger partial charge on any atom is 0.243 e. The fourth-order valence-corrected chi connectivity index (χ4v) is 2.86. The molecule has 0 atom stereocenters. The summed E-state index contributed by atoms with van der Waals surface area (Å²) < 4.78 is 0. The third-order valence-corrected chi connectivity index (χ3v) is 4.21. The molecule has 0 spiro atoms. The first kappa shape index (κ1) is 17.6. The lowest BCUT2D eigenvalue weighted by molar-refractivity contribution is -0.124. The number of benzene rings is 3. The molecule has 0 radical (unpaired) electrons. The van der Waals surface area contributed by atoms with Gasteiger partial charge in [-0.15, -0.1) is 0 Å². The third-order valence-electron chi connectivity index (χ3n) is 4.21. The van der Waals surface area contributed by atoms with Gasteiger partial charge in [0.05, 0.1) is 6.21 Å². The molecule has 0 aliphatic heterocycles. The molecule has 0 fully saturated rings. The number of hydrogen-bond acceptors (Lipinski definition) is 2. The maximum absolute atomic E-state index is 12.7. The van der Waals surface area contributed by atoms with Gasteiger partial charge in [-0.3, -0.25) is 4.79 Å². The number of hydrazone groups is 1. The molecule has 3 aromatic rings. The Labute approximate surface area is 154 Å². The first-order valence-electron chi connectivity index (χ1n) is 8.77. The molecule has 26 heavy (non-hydrogen) atoms. The zero-order valence-corrected chi connectivity index (χ0v) is 14.6. The van der Waals surface area contributed by atoms with Crippen LogP contribution in [0.1, 0.15) is 16.7 Å². The molecule has 0 bridgehead atoms. The highest BCUT2D eigenvalue weighted by atomic mass is 16.2. The van der Waals surface area contributed by atoms with Gasteiger partial charge < -0.3 is 0 Å². The number of hydrogen-bond donors (Lipinski definition) is 1. The Morgan fingerprint density at radius 1 is 0.769 bits per heavy atom. The number of rotatable bonds is 7. The highest BCUT2D eigenvalue weighted by Gasteiger charge is 2.19. The molecule has 3 aromatic carbocycles. The first-order chi connectivity index (χ1) is 12.8. The molecule has 3 rings (SSSR count). The van der Waals surface area contributed by atoms with Crippen LogP contribution in [-0.2, 0) is 17.6 Å². The van der Waals surface area contributed by atoms with E-state index in [-0.39, 0.29) is 11.8 Å². The molecule has 0 aromatic heterocycles. The van der Waals surface area contributed by atoms with Gasteiger partial charge in [0.1, 0.15) is 0 Å². The topological polar surface area (TPSA) is 41.5 Å². The van der Waals surface area contributed by atoms with E-state index in [1.807, 2.05) is 66.7 Å². The van der Waals surface area contributed by atoms with E-state index in [0.29, 0.717) is 12.8 Å². The molecule has 0 saturated carbocycles. The lowest BCUT2D eigenvalue weighted by Crippen LogP contribution is -2.30. The van der Waals surface area contributed by atoms with Gasteiger partial charge >= 0.3 is 0 Å². The van der Waals surface area contributed by atoms with Gasteiger partial charge in [0.15, 0.2) is 0 Å². The highest BCUT2D eigenvalue weighted by molar-refractivity contribution is 5.83. The fourth-order valence-electron chi connectivity index (χ4n) is 2.86. The molecule has 1 N–H and O–H groups in total. The average molecular weight is 342 g/mol. The van der Waals surface area contributed by atoms with Crippen LogP contribution in [0.5, 0.6) is 0 Å². The van der Waals surface area contributed by atoms with E-state index in [4.69, 9.17) is 0 Å². The number of carbonyl (C=O) groups excluding carboxylic acids is 1. The zero-order chi connectivity index (χ0) is 18.0. The van der Waals surface area contributed by atoms with Crippen molar-refractivity contribution in [3.63, 3.8) is 0 Å². The van der Waals surface area contributed by atoms with Crippen molar-refractivity contribution in [2.45, 2.75) is 12.8 Å². The van der Waals surface area contributed by atoms with E-state index in [1.165, 1.54) is 0 Å². The lowest BCUT2D eigenvalue weighted by Gasteiger charge is -2.15. The molecule has 0 unspecified atom stereocenters. The Kier molecular flexibility index (Phi) is 6.32. The second-order valence-corrected chi connectivity index (χ2v) is 6.22. The SMILES string of the molecule is O=C(NN=Cc1ccccc1)C(Cc1ccccc1)Cc1ccccc1. The minimum atomic E-state index is -0.173. The summed E-state index contributed by atoms with van der Waals surface area (Å²) in [6.07, 6.45) is 3.03. The minimum Gasteiger partial charge on any atom is -0.273 e. The van der Waals surface area contributed by atoms with Crippen LogP contribution in [-0.4, -0.2) is 12.1 Å². The van der Waals surface area contributed by atoms with Gasteiger partial charge in [0, 0.05) is 5.92 Å². The van der Waals surface area contributed by atoms with Gasteiger partial charge in [-0.05, 0) is 29.5 Å². The lowest BCUT2D eigenvalue weighted by atomic mass is 9.92. The summed E-state index contributed by atoms with van der Waals surface area (Å²) in [5, 5.41) is 4.12. The predicted octanol–water partition coefficient (Wildman–Crippen LogP) is 4.24. The van der Waals surface area contributed by atoms with E-state index >= 15 is 0 Å². The molecule has 0 aliphatic rings. The van der Waals surface area contributed by atoms with Crippen molar-refractivity contribution in [2.75, 3.05) is 0 Å². The van der Waals surface area contributed by atoms with Gasteiger partial charge in [0.2, 0.25) is 5.91 Å². The summed E-state index contributed by atoms with van der Waals surface area (Å²) in [6, 6.07) is 29.9. The van der Waals surface area contributed by atoms with Crippen LogP contribution >= 0.6 is 0 Å². The van der Waals surface area contributed by atoms with Crippen molar-refractivity contribution >= 4 is 12.1 Å². The zero-order valence-electron chi connectivity index (χ0n) is 14.6. The molecule has 0 heterocycles. The van der Waals surface area contributed by atoms with Crippen LogP contribution in [0.4, 0.5) is 0 Å². The van der Waals surface area contributed by atoms with E-state index < -0.39 is 0 Å². The van der Waals surface area contributed by atoms with Gasteiger partial charge in [0.25, 0.3) is 0 Å². The third kappa shape index (κ3) is 5.42. The summed E-state index contributed by atoms with van der Waals surface area (Å²) in [7, 11) is 0. The molecule has 0 saturated heterocycles. The van der Waals surface area contributed by atoms with Gasteiger partial charge in [-0.25, -0.2) is 5.43 Å². The number of carbonyl (C=O) groups is 1. The van der Waals surface area contributed by atoms with Crippen LogP contribution in [0.15, 0.2) is 96.1 Å². The first-order valence-corrected chi connectivity index (χ1v) is 8.77. The molecule has 3 heteroatoms. The second-order valence-electron chi connectivity index (χ2n) is 6.22. The summed E-state index contributed by atoms with van der Waals surface area (Å²) in [4.78, 5) is 12.7. The van der Waals surface area contributed by atoms with E-state index in [2.05, 4.69) is 34.8 Å². The Bertz CT molecular complexity index is 788. The number of nitrogens with one attached hydrogen (secondary N) is 1.